The molecule has 0 atom stereocenters. The van der Waals surface area contributed by atoms with Crippen molar-refractivity contribution >= 4 is 49.4 Å². The predicted molar refractivity (Wildman–Crippen MR) is 136 cm³/mol. The van der Waals surface area contributed by atoms with E-state index in [1.54, 1.807) is 11.3 Å². The Morgan fingerprint density at radius 2 is 1.43 bits per heavy atom. The highest BCUT2D eigenvalue weighted by Gasteiger charge is 2.21. The molecule has 30 heavy (non-hydrogen) atoms. The Labute approximate surface area is 190 Å². The quantitative estimate of drug-likeness (QED) is 0.159. The van der Waals surface area contributed by atoms with Crippen LogP contribution in [0.2, 0.25) is 0 Å². The molecule has 0 aliphatic rings. The Balaban J connectivity index is 1.73. The van der Waals surface area contributed by atoms with Crippen molar-refractivity contribution in [3.8, 4) is 0 Å². The molecule has 0 aromatic carbocycles. The highest BCUT2D eigenvalue weighted by Crippen LogP contribution is 2.42. The van der Waals surface area contributed by atoms with Gasteiger partial charge in [0.1, 0.15) is 0 Å². The third-order valence-electron chi connectivity index (χ3n) is 6.36. The minimum absolute atomic E-state index is 0.561. The zero-order chi connectivity index (χ0) is 21.2. The van der Waals surface area contributed by atoms with Crippen molar-refractivity contribution in [2.75, 3.05) is 0 Å². The summed E-state index contributed by atoms with van der Waals surface area (Å²) in [5.41, 5.74) is 2.69. The van der Waals surface area contributed by atoms with Gasteiger partial charge in [-0.2, -0.15) is 0 Å². The van der Waals surface area contributed by atoms with E-state index in [0.29, 0.717) is 6.04 Å². The number of aromatic nitrogens is 1. The average Bonchev–Trinajstić information content (AvgIpc) is 3.44. The van der Waals surface area contributed by atoms with Crippen molar-refractivity contribution < 1.29 is 4.79 Å². The summed E-state index contributed by atoms with van der Waals surface area (Å²) in [6.07, 6.45) is 19.8. The van der Waals surface area contributed by atoms with Crippen LogP contribution in [0.3, 0.4) is 0 Å². The maximum atomic E-state index is 11.4. The first-order valence-corrected chi connectivity index (χ1v) is 14.0. The third-order valence-corrected chi connectivity index (χ3v) is 8.48. The van der Waals surface area contributed by atoms with Crippen LogP contribution < -0.4 is 0 Å². The molecule has 3 rings (SSSR count). The van der Waals surface area contributed by atoms with Gasteiger partial charge in [0.05, 0.1) is 25.3 Å². The Hall–Kier alpha value is -1.13. The summed E-state index contributed by atoms with van der Waals surface area (Å²) < 4.78 is 5.29. The summed E-state index contributed by atoms with van der Waals surface area (Å²) in [6.45, 7) is 4.57. The van der Waals surface area contributed by atoms with Crippen LogP contribution in [0.5, 0.6) is 0 Å². The first-order chi connectivity index (χ1) is 14.8. The lowest BCUT2D eigenvalue weighted by atomic mass is 9.99. The lowest BCUT2D eigenvalue weighted by molar-refractivity contribution is 0.112. The first kappa shape index (κ1) is 23.5. The standard InChI is InChI=1S/C26H39NOS2/c1-3-5-7-9-11-13-15-21(16-14-12-10-8-6-4-2)27-23-17-18-29-25(23)26-24(27)19-22(20-28)30-26/h17-21H,3-16H2,1-2H3. The molecule has 0 N–H and O–H groups in total. The van der Waals surface area contributed by atoms with E-state index in [0.717, 1.165) is 11.2 Å². The summed E-state index contributed by atoms with van der Waals surface area (Å²) in [6, 6.07) is 4.99. The highest BCUT2D eigenvalue weighted by atomic mass is 32.1. The number of hydrogen-bond acceptors (Lipinski definition) is 3. The molecular formula is C26H39NOS2. The minimum Gasteiger partial charge on any atom is -0.336 e. The summed E-state index contributed by atoms with van der Waals surface area (Å²) in [5, 5.41) is 2.22. The van der Waals surface area contributed by atoms with Gasteiger partial charge in [0.2, 0.25) is 0 Å². The van der Waals surface area contributed by atoms with E-state index in [2.05, 4.69) is 35.9 Å². The van der Waals surface area contributed by atoms with Crippen molar-refractivity contribution in [1.82, 2.24) is 4.57 Å². The molecule has 0 amide bonds. The van der Waals surface area contributed by atoms with Crippen molar-refractivity contribution in [2.24, 2.45) is 0 Å². The zero-order valence-corrected chi connectivity index (χ0v) is 20.6. The van der Waals surface area contributed by atoms with Gasteiger partial charge in [-0.15, -0.1) is 22.7 Å². The number of carbonyl (C=O) groups excluding carboxylic acids is 1. The smallest absolute Gasteiger partial charge is 0.160 e. The van der Waals surface area contributed by atoms with Gasteiger partial charge in [0.25, 0.3) is 0 Å². The van der Waals surface area contributed by atoms with E-state index < -0.39 is 0 Å². The Morgan fingerprint density at radius 1 is 0.833 bits per heavy atom. The maximum Gasteiger partial charge on any atom is 0.160 e. The molecule has 0 radical (unpaired) electrons. The van der Waals surface area contributed by atoms with E-state index in [1.807, 2.05) is 11.3 Å². The van der Waals surface area contributed by atoms with Crippen molar-refractivity contribution in [3.63, 3.8) is 0 Å². The molecule has 3 aromatic heterocycles. The van der Waals surface area contributed by atoms with Crippen LogP contribution in [0, 0.1) is 0 Å². The molecule has 4 heteroatoms. The van der Waals surface area contributed by atoms with Crippen molar-refractivity contribution in [1.29, 1.82) is 0 Å². The molecule has 0 aliphatic carbocycles. The van der Waals surface area contributed by atoms with E-state index in [-0.39, 0.29) is 0 Å². The summed E-state index contributed by atoms with van der Waals surface area (Å²) in [4.78, 5) is 12.3. The Bertz CT molecular complexity index is 872. The number of aldehydes is 1. The number of nitrogens with zero attached hydrogens (tertiary/aromatic N) is 1. The van der Waals surface area contributed by atoms with Gasteiger partial charge in [0.15, 0.2) is 6.29 Å². The normalized spacial score (nSPS) is 12.0. The molecule has 0 aliphatic heterocycles. The van der Waals surface area contributed by atoms with Crippen molar-refractivity contribution in [2.45, 2.75) is 110 Å². The van der Waals surface area contributed by atoms with Crippen LogP contribution in [0.25, 0.3) is 20.4 Å². The van der Waals surface area contributed by atoms with Crippen LogP contribution in [-0.2, 0) is 0 Å². The fourth-order valence-corrected chi connectivity index (χ4v) is 6.72. The van der Waals surface area contributed by atoms with Gasteiger partial charge in [-0.1, -0.05) is 90.9 Å². The second kappa shape index (κ2) is 12.7. The molecule has 0 unspecified atom stereocenters. The lowest BCUT2D eigenvalue weighted by Gasteiger charge is -2.21. The SMILES string of the molecule is CCCCCCCCC(CCCCCCCC)n1c2ccsc2c2sc(C=O)cc21. The molecule has 2 nitrogen and oxygen atoms in total. The molecule has 0 fully saturated rings. The van der Waals surface area contributed by atoms with E-state index in [9.17, 15) is 4.79 Å². The molecular weight excluding hydrogens is 406 g/mol. The van der Waals surface area contributed by atoms with Crippen molar-refractivity contribution in [3.05, 3.63) is 22.4 Å². The van der Waals surface area contributed by atoms with Gasteiger partial charge in [-0.25, -0.2) is 0 Å². The van der Waals surface area contributed by atoms with E-state index >= 15 is 0 Å². The molecule has 3 aromatic rings. The summed E-state index contributed by atoms with van der Waals surface area (Å²) in [7, 11) is 0. The fourth-order valence-electron chi connectivity index (χ4n) is 4.71. The van der Waals surface area contributed by atoms with E-state index in [4.69, 9.17) is 0 Å². The van der Waals surface area contributed by atoms with E-state index in [1.165, 1.54) is 110 Å². The maximum absolute atomic E-state index is 11.4. The predicted octanol–water partition coefficient (Wildman–Crippen LogP) is 9.77. The first-order valence-electron chi connectivity index (χ1n) is 12.3. The minimum atomic E-state index is 0.561. The molecule has 166 valence electrons. The van der Waals surface area contributed by atoms with Crippen LogP contribution in [0.4, 0.5) is 0 Å². The lowest BCUT2D eigenvalue weighted by Crippen LogP contribution is -2.09. The molecule has 0 saturated carbocycles. The summed E-state index contributed by atoms with van der Waals surface area (Å²) >= 11 is 3.49. The van der Waals surface area contributed by atoms with Crippen LogP contribution >= 0.6 is 22.7 Å². The monoisotopic (exact) mass is 445 g/mol. The fraction of sp³-hybridized carbons (Fsp3) is 0.654. The summed E-state index contributed by atoms with van der Waals surface area (Å²) in [5.74, 6) is 0. The molecule has 0 saturated heterocycles. The number of thiophene rings is 2. The third kappa shape index (κ3) is 5.97. The van der Waals surface area contributed by atoms with Crippen LogP contribution in [-0.4, -0.2) is 10.9 Å². The van der Waals surface area contributed by atoms with Gasteiger partial charge < -0.3 is 4.57 Å². The van der Waals surface area contributed by atoms with Crippen LogP contribution in [0.1, 0.15) is 119 Å². The van der Waals surface area contributed by atoms with Gasteiger partial charge in [-0.05, 0) is 30.4 Å². The molecule has 0 bridgehead atoms. The number of fused-ring (bicyclic) bond motifs is 3. The number of rotatable bonds is 16. The highest BCUT2D eigenvalue weighted by molar-refractivity contribution is 7.27. The average molecular weight is 446 g/mol. The number of unbranched alkanes of at least 4 members (excludes halogenated alkanes) is 10. The largest absolute Gasteiger partial charge is 0.336 e. The van der Waals surface area contributed by atoms with Gasteiger partial charge >= 0.3 is 0 Å². The van der Waals surface area contributed by atoms with Crippen LogP contribution in [0.15, 0.2) is 17.5 Å². The van der Waals surface area contributed by atoms with Gasteiger partial charge in [0, 0.05) is 6.04 Å². The zero-order valence-electron chi connectivity index (χ0n) is 19.0. The Morgan fingerprint density at radius 3 is 2.03 bits per heavy atom. The number of carbonyl (C=O) groups is 1. The topological polar surface area (TPSA) is 22.0 Å². The Kier molecular flexibility index (Phi) is 9.93. The van der Waals surface area contributed by atoms with Gasteiger partial charge in [-0.3, -0.25) is 4.79 Å². The second-order valence-corrected chi connectivity index (χ2v) is 10.8. The molecule has 3 heterocycles. The number of hydrogen-bond donors (Lipinski definition) is 0. The second-order valence-electron chi connectivity index (χ2n) is 8.75. The molecule has 0 spiro atoms.